The van der Waals surface area contributed by atoms with E-state index in [2.05, 4.69) is 26.1 Å². The van der Waals surface area contributed by atoms with E-state index in [1.165, 1.54) is 167 Å². The molecule has 0 saturated carbocycles. The normalized spacial score (nSPS) is 13.2. The van der Waals surface area contributed by atoms with E-state index < -0.39 is 18.2 Å². The third-order valence-corrected chi connectivity index (χ3v) is 10.9. The highest BCUT2D eigenvalue weighted by atomic mass is 16.5. The van der Waals surface area contributed by atoms with Gasteiger partial charge in [-0.3, -0.25) is 9.59 Å². The standard InChI is InChI=1S/C46H91NO5/c1-4-7-10-13-16-19-21-22-23-24-25-26-29-32-35-38-44(49)43(41-48)47-45(50)40-42(37-34-31-28-18-15-12-9-6-3)52-46(51)39-36-33-30-27-20-17-14-11-8-5-2/h42-44,48-49H,4-41H2,1-3H3,(H,47,50). The van der Waals surface area contributed by atoms with E-state index in [4.69, 9.17) is 4.74 Å². The molecule has 0 saturated heterocycles. The van der Waals surface area contributed by atoms with Crippen molar-refractivity contribution in [1.29, 1.82) is 0 Å². The lowest BCUT2D eigenvalue weighted by atomic mass is 10.0. The Hall–Kier alpha value is -1.14. The lowest BCUT2D eigenvalue weighted by Gasteiger charge is -2.24. The third-order valence-electron chi connectivity index (χ3n) is 10.9. The van der Waals surface area contributed by atoms with Crippen molar-refractivity contribution in [2.45, 2.75) is 277 Å². The van der Waals surface area contributed by atoms with E-state index in [1.54, 1.807) is 0 Å². The van der Waals surface area contributed by atoms with Crippen LogP contribution in [0.25, 0.3) is 0 Å². The highest BCUT2D eigenvalue weighted by Crippen LogP contribution is 2.18. The zero-order valence-corrected chi connectivity index (χ0v) is 35.2. The summed E-state index contributed by atoms with van der Waals surface area (Å²) in [6.45, 7) is 6.46. The van der Waals surface area contributed by atoms with Gasteiger partial charge in [-0.05, 0) is 25.7 Å². The lowest BCUT2D eigenvalue weighted by Crippen LogP contribution is -2.46. The summed E-state index contributed by atoms with van der Waals surface area (Å²) < 4.78 is 5.87. The van der Waals surface area contributed by atoms with Gasteiger partial charge in [0.2, 0.25) is 5.91 Å². The number of carbonyl (C=O) groups is 2. The number of carbonyl (C=O) groups excluding carboxylic acids is 2. The summed E-state index contributed by atoms with van der Waals surface area (Å²) in [4.78, 5) is 25.9. The molecule has 310 valence electrons. The van der Waals surface area contributed by atoms with Crippen LogP contribution in [0.5, 0.6) is 0 Å². The fourth-order valence-corrected chi connectivity index (χ4v) is 7.37. The number of esters is 1. The van der Waals surface area contributed by atoms with Gasteiger partial charge in [0.1, 0.15) is 6.10 Å². The number of nitrogens with one attached hydrogen (secondary N) is 1. The quantitative estimate of drug-likeness (QED) is 0.0428. The minimum absolute atomic E-state index is 0.0858. The van der Waals surface area contributed by atoms with Crippen molar-refractivity contribution in [3.8, 4) is 0 Å². The highest BCUT2D eigenvalue weighted by molar-refractivity contribution is 5.77. The molecule has 6 heteroatoms. The van der Waals surface area contributed by atoms with Crippen molar-refractivity contribution >= 4 is 11.9 Å². The maximum absolute atomic E-state index is 13.1. The molecular formula is C46H91NO5. The molecular weight excluding hydrogens is 647 g/mol. The van der Waals surface area contributed by atoms with Crippen molar-refractivity contribution in [1.82, 2.24) is 5.32 Å². The molecule has 0 rings (SSSR count). The van der Waals surface area contributed by atoms with Gasteiger partial charge in [0.15, 0.2) is 0 Å². The summed E-state index contributed by atoms with van der Waals surface area (Å²) in [6, 6.07) is -0.690. The Kier molecular flexibility index (Phi) is 40.1. The summed E-state index contributed by atoms with van der Waals surface area (Å²) in [5.41, 5.74) is 0. The molecule has 0 aromatic rings. The minimum Gasteiger partial charge on any atom is -0.462 e. The van der Waals surface area contributed by atoms with E-state index in [1.807, 2.05) is 0 Å². The summed E-state index contributed by atoms with van der Waals surface area (Å²) >= 11 is 0. The molecule has 0 spiro atoms. The van der Waals surface area contributed by atoms with Crippen LogP contribution in [0, 0.1) is 0 Å². The molecule has 0 aromatic heterocycles. The first kappa shape index (κ1) is 50.9. The summed E-state index contributed by atoms with van der Waals surface area (Å²) in [5.74, 6) is -0.463. The number of hydrogen-bond acceptors (Lipinski definition) is 5. The average molecular weight is 738 g/mol. The number of amides is 1. The molecule has 3 atom stereocenters. The molecule has 0 heterocycles. The van der Waals surface area contributed by atoms with Crippen LogP contribution in [0.3, 0.4) is 0 Å². The Balaban J connectivity index is 4.39. The van der Waals surface area contributed by atoms with Gasteiger partial charge in [0, 0.05) is 6.42 Å². The Morgan fingerprint density at radius 1 is 0.481 bits per heavy atom. The van der Waals surface area contributed by atoms with Crippen LogP contribution in [-0.2, 0) is 14.3 Å². The van der Waals surface area contributed by atoms with E-state index in [0.29, 0.717) is 19.3 Å². The number of rotatable bonds is 42. The van der Waals surface area contributed by atoms with Crippen molar-refractivity contribution in [3.05, 3.63) is 0 Å². The van der Waals surface area contributed by atoms with Gasteiger partial charge in [-0.2, -0.15) is 0 Å². The number of aliphatic hydroxyl groups is 2. The zero-order chi connectivity index (χ0) is 38.2. The molecule has 0 aliphatic rings. The van der Waals surface area contributed by atoms with Crippen molar-refractivity contribution in [3.63, 3.8) is 0 Å². The van der Waals surface area contributed by atoms with Gasteiger partial charge < -0.3 is 20.3 Å². The summed E-state index contributed by atoms with van der Waals surface area (Å²) in [5, 5.41) is 23.6. The van der Waals surface area contributed by atoms with Crippen LogP contribution < -0.4 is 5.32 Å². The van der Waals surface area contributed by atoms with Gasteiger partial charge in [0.05, 0.1) is 25.2 Å². The molecule has 6 nitrogen and oxygen atoms in total. The summed E-state index contributed by atoms with van der Waals surface area (Å²) in [7, 11) is 0. The second-order valence-corrected chi connectivity index (χ2v) is 16.2. The second kappa shape index (κ2) is 41.0. The van der Waals surface area contributed by atoms with Crippen molar-refractivity contribution in [2.24, 2.45) is 0 Å². The first-order valence-corrected chi connectivity index (χ1v) is 23.3. The Morgan fingerprint density at radius 3 is 1.17 bits per heavy atom. The number of ether oxygens (including phenoxy) is 1. The molecule has 0 bridgehead atoms. The van der Waals surface area contributed by atoms with E-state index in [0.717, 1.165) is 44.9 Å². The fraction of sp³-hybridized carbons (Fsp3) is 0.957. The Labute approximate surface area is 324 Å². The van der Waals surface area contributed by atoms with Gasteiger partial charge >= 0.3 is 5.97 Å². The minimum atomic E-state index is -0.777. The highest BCUT2D eigenvalue weighted by Gasteiger charge is 2.24. The monoisotopic (exact) mass is 738 g/mol. The molecule has 0 fully saturated rings. The van der Waals surface area contributed by atoms with Crippen molar-refractivity contribution < 1.29 is 24.5 Å². The number of aliphatic hydroxyl groups excluding tert-OH is 2. The van der Waals surface area contributed by atoms with Crippen molar-refractivity contribution in [2.75, 3.05) is 6.61 Å². The molecule has 52 heavy (non-hydrogen) atoms. The van der Waals surface area contributed by atoms with Gasteiger partial charge in [0.25, 0.3) is 0 Å². The van der Waals surface area contributed by atoms with Crippen LogP contribution in [0.2, 0.25) is 0 Å². The molecule has 0 aliphatic carbocycles. The second-order valence-electron chi connectivity index (χ2n) is 16.2. The predicted molar refractivity (Wildman–Crippen MR) is 223 cm³/mol. The number of unbranched alkanes of at least 4 members (excludes halogenated alkanes) is 30. The average Bonchev–Trinajstić information content (AvgIpc) is 3.13. The zero-order valence-electron chi connectivity index (χ0n) is 35.2. The van der Waals surface area contributed by atoms with E-state index in [-0.39, 0.29) is 24.9 Å². The Bertz CT molecular complexity index is 746. The SMILES string of the molecule is CCCCCCCCCCCCCCCCCC(O)C(CO)NC(=O)CC(CCCCCCCCCC)OC(=O)CCCCCCCCCCCC. The molecule has 1 amide bonds. The molecule has 0 radical (unpaired) electrons. The van der Waals surface area contributed by atoms with Gasteiger partial charge in [-0.1, -0.05) is 220 Å². The third kappa shape index (κ3) is 35.9. The van der Waals surface area contributed by atoms with Crippen LogP contribution in [0.4, 0.5) is 0 Å². The first-order chi connectivity index (χ1) is 25.5. The molecule has 3 unspecified atom stereocenters. The van der Waals surface area contributed by atoms with Gasteiger partial charge in [-0.25, -0.2) is 0 Å². The van der Waals surface area contributed by atoms with Crippen LogP contribution in [0.15, 0.2) is 0 Å². The van der Waals surface area contributed by atoms with Gasteiger partial charge in [-0.15, -0.1) is 0 Å². The largest absolute Gasteiger partial charge is 0.462 e. The van der Waals surface area contributed by atoms with Crippen LogP contribution in [-0.4, -0.2) is 46.9 Å². The smallest absolute Gasteiger partial charge is 0.306 e. The van der Waals surface area contributed by atoms with Crippen LogP contribution >= 0.6 is 0 Å². The Morgan fingerprint density at radius 2 is 0.808 bits per heavy atom. The topological polar surface area (TPSA) is 95.9 Å². The summed E-state index contributed by atoms with van der Waals surface area (Å²) in [6.07, 6.45) is 41.7. The first-order valence-electron chi connectivity index (χ1n) is 23.3. The lowest BCUT2D eigenvalue weighted by molar-refractivity contribution is -0.151. The maximum Gasteiger partial charge on any atom is 0.306 e. The number of hydrogen-bond donors (Lipinski definition) is 3. The predicted octanol–water partition coefficient (Wildman–Crippen LogP) is 13.2. The molecule has 0 aromatic carbocycles. The maximum atomic E-state index is 13.1. The fourth-order valence-electron chi connectivity index (χ4n) is 7.37. The molecule has 0 aliphatic heterocycles. The van der Waals surface area contributed by atoms with Crippen LogP contribution in [0.1, 0.15) is 258 Å². The molecule has 3 N–H and O–H groups in total. The van der Waals surface area contributed by atoms with E-state index >= 15 is 0 Å². The van der Waals surface area contributed by atoms with E-state index in [9.17, 15) is 19.8 Å².